The lowest BCUT2D eigenvalue weighted by atomic mass is 10.2. The molecule has 0 bridgehead atoms. The van der Waals surface area contributed by atoms with Crippen molar-refractivity contribution in [2.24, 2.45) is 0 Å². The molecule has 0 saturated carbocycles. The third kappa shape index (κ3) is 3.25. The van der Waals surface area contributed by atoms with E-state index >= 15 is 0 Å². The molecule has 2 heterocycles. The molecule has 0 spiro atoms. The average Bonchev–Trinajstić information content (AvgIpc) is 3.05. The Morgan fingerprint density at radius 3 is 2.39 bits per heavy atom. The SMILES string of the molecule is Cc1cc(S(=O)(=O)Nc2ccc(N3CCCC3=O)cc2)c(C)s1. The summed E-state index contributed by atoms with van der Waals surface area (Å²) in [5.41, 5.74) is 1.29. The fraction of sp³-hybridized carbons (Fsp3) is 0.312. The predicted molar refractivity (Wildman–Crippen MR) is 92.6 cm³/mol. The Morgan fingerprint density at radius 1 is 1.17 bits per heavy atom. The summed E-state index contributed by atoms with van der Waals surface area (Å²) >= 11 is 1.46. The fourth-order valence-electron chi connectivity index (χ4n) is 2.71. The van der Waals surface area contributed by atoms with Crippen molar-refractivity contribution in [3.63, 3.8) is 0 Å². The van der Waals surface area contributed by atoms with Crippen LogP contribution >= 0.6 is 11.3 Å². The van der Waals surface area contributed by atoms with Gasteiger partial charge in [0.15, 0.2) is 0 Å². The van der Waals surface area contributed by atoms with E-state index in [-0.39, 0.29) is 5.91 Å². The number of aryl methyl sites for hydroxylation is 2. The quantitative estimate of drug-likeness (QED) is 0.920. The highest BCUT2D eigenvalue weighted by Gasteiger charge is 2.22. The lowest BCUT2D eigenvalue weighted by Gasteiger charge is -2.16. The highest BCUT2D eigenvalue weighted by atomic mass is 32.2. The lowest BCUT2D eigenvalue weighted by molar-refractivity contribution is -0.117. The van der Waals surface area contributed by atoms with Crippen molar-refractivity contribution in [3.8, 4) is 0 Å². The van der Waals surface area contributed by atoms with Crippen LogP contribution in [-0.4, -0.2) is 20.9 Å². The maximum absolute atomic E-state index is 12.5. The van der Waals surface area contributed by atoms with Gasteiger partial charge >= 0.3 is 0 Å². The molecule has 1 aromatic heterocycles. The highest BCUT2D eigenvalue weighted by Crippen LogP contribution is 2.28. The molecule has 0 unspecified atom stereocenters. The molecule has 1 aliphatic heterocycles. The second kappa shape index (κ2) is 5.98. The Hall–Kier alpha value is -1.86. The normalized spacial score (nSPS) is 15.2. The van der Waals surface area contributed by atoms with E-state index in [0.29, 0.717) is 17.0 Å². The average molecular weight is 350 g/mol. The minimum Gasteiger partial charge on any atom is -0.312 e. The Balaban J connectivity index is 1.80. The number of thiophene rings is 1. The fourth-order valence-corrected chi connectivity index (χ4v) is 5.33. The first kappa shape index (κ1) is 16.0. The van der Waals surface area contributed by atoms with Crippen LogP contribution in [0.25, 0.3) is 0 Å². The highest BCUT2D eigenvalue weighted by molar-refractivity contribution is 7.93. The van der Waals surface area contributed by atoms with Gasteiger partial charge in [-0.1, -0.05) is 0 Å². The molecule has 7 heteroatoms. The Morgan fingerprint density at radius 2 is 1.87 bits per heavy atom. The number of hydrogen-bond acceptors (Lipinski definition) is 4. The molecule has 1 saturated heterocycles. The van der Waals surface area contributed by atoms with E-state index < -0.39 is 10.0 Å². The van der Waals surface area contributed by atoms with Gasteiger partial charge in [0.2, 0.25) is 5.91 Å². The molecule has 0 atom stereocenters. The van der Waals surface area contributed by atoms with Crippen LogP contribution in [0.2, 0.25) is 0 Å². The molecule has 1 amide bonds. The number of benzene rings is 1. The number of anilines is 2. The smallest absolute Gasteiger partial charge is 0.262 e. The molecule has 1 N–H and O–H groups in total. The van der Waals surface area contributed by atoms with E-state index in [1.54, 1.807) is 42.2 Å². The molecular weight excluding hydrogens is 332 g/mol. The number of rotatable bonds is 4. The van der Waals surface area contributed by atoms with Crippen molar-refractivity contribution in [1.82, 2.24) is 0 Å². The summed E-state index contributed by atoms with van der Waals surface area (Å²) in [6.07, 6.45) is 1.44. The molecule has 0 aliphatic carbocycles. The van der Waals surface area contributed by atoms with Crippen LogP contribution in [0.5, 0.6) is 0 Å². The first-order valence-electron chi connectivity index (χ1n) is 7.37. The molecule has 1 aromatic carbocycles. The van der Waals surface area contributed by atoms with Gasteiger partial charge in [-0.3, -0.25) is 9.52 Å². The molecule has 1 aliphatic rings. The van der Waals surface area contributed by atoms with Crippen LogP contribution in [0.4, 0.5) is 11.4 Å². The van der Waals surface area contributed by atoms with Crippen LogP contribution in [-0.2, 0) is 14.8 Å². The van der Waals surface area contributed by atoms with Crippen molar-refractivity contribution >= 4 is 38.6 Å². The summed E-state index contributed by atoms with van der Waals surface area (Å²) < 4.78 is 27.5. The number of amides is 1. The van der Waals surface area contributed by atoms with Crippen molar-refractivity contribution in [1.29, 1.82) is 0 Å². The van der Waals surface area contributed by atoms with Crippen LogP contribution in [0.1, 0.15) is 22.6 Å². The first-order chi connectivity index (χ1) is 10.9. The van der Waals surface area contributed by atoms with Gasteiger partial charge in [0, 0.05) is 34.1 Å². The summed E-state index contributed by atoms with van der Waals surface area (Å²) in [7, 11) is -3.59. The van der Waals surface area contributed by atoms with Gasteiger partial charge in [-0.15, -0.1) is 11.3 Å². The van der Waals surface area contributed by atoms with Gasteiger partial charge in [-0.25, -0.2) is 8.42 Å². The van der Waals surface area contributed by atoms with Crippen molar-refractivity contribution in [3.05, 3.63) is 40.1 Å². The predicted octanol–water partition coefficient (Wildman–Crippen LogP) is 3.29. The van der Waals surface area contributed by atoms with Gasteiger partial charge in [0.05, 0.1) is 0 Å². The topological polar surface area (TPSA) is 66.5 Å². The minimum atomic E-state index is -3.59. The molecule has 5 nitrogen and oxygen atoms in total. The van der Waals surface area contributed by atoms with E-state index in [4.69, 9.17) is 0 Å². The third-order valence-electron chi connectivity index (χ3n) is 3.79. The molecule has 0 radical (unpaired) electrons. The number of nitrogens with one attached hydrogen (secondary N) is 1. The molecule has 2 aromatic rings. The third-order valence-corrected chi connectivity index (χ3v) is 6.39. The number of carbonyl (C=O) groups is 1. The number of sulfonamides is 1. The van der Waals surface area contributed by atoms with E-state index in [0.717, 1.165) is 28.4 Å². The maximum atomic E-state index is 12.5. The van der Waals surface area contributed by atoms with Crippen molar-refractivity contribution in [2.45, 2.75) is 31.6 Å². The summed E-state index contributed by atoms with van der Waals surface area (Å²) in [5.74, 6) is 0.114. The lowest BCUT2D eigenvalue weighted by Crippen LogP contribution is -2.23. The molecule has 122 valence electrons. The van der Waals surface area contributed by atoms with Gasteiger partial charge in [0.1, 0.15) is 4.90 Å². The minimum absolute atomic E-state index is 0.114. The number of carbonyl (C=O) groups excluding carboxylic acids is 1. The Kier molecular flexibility index (Phi) is 4.16. The van der Waals surface area contributed by atoms with Gasteiger partial charge in [-0.05, 0) is 50.6 Å². The van der Waals surface area contributed by atoms with Crippen LogP contribution in [0, 0.1) is 13.8 Å². The second-order valence-corrected chi connectivity index (χ2v) is 8.69. The van der Waals surface area contributed by atoms with Crippen molar-refractivity contribution in [2.75, 3.05) is 16.2 Å². The monoisotopic (exact) mass is 350 g/mol. The van der Waals surface area contributed by atoms with Crippen LogP contribution < -0.4 is 9.62 Å². The Bertz CT molecular complexity index is 839. The molecule has 23 heavy (non-hydrogen) atoms. The summed E-state index contributed by atoms with van der Waals surface area (Å²) in [5, 5.41) is 0. The van der Waals surface area contributed by atoms with Gasteiger partial charge in [0.25, 0.3) is 10.0 Å². The Labute approximate surface area is 140 Å². The zero-order chi connectivity index (χ0) is 16.6. The van der Waals surface area contributed by atoms with Crippen LogP contribution in [0.3, 0.4) is 0 Å². The number of hydrogen-bond donors (Lipinski definition) is 1. The number of nitrogens with zero attached hydrogens (tertiary/aromatic N) is 1. The molecule has 3 rings (SSSR count). The van der Waals surface area contributed by atoms with Crippen LogP contribution in [0.15, 0.2) is 35.2 Å². The van der Waals surface area contributed by atoms with Gasteiger partial charge in [-0.2, -0.15) is 0 Å². The standard InChI is InChI=1S/C16H18N2O3S2/c1-11-10-15(12(2)22-11)23(20,21)17-13-5-7-14(8-6-13)18-9-3-4-16(18)19/h5-8,10,17H,3-4,9H2,1-2H3. The zero-order valence-electron chi connectivity index (χ0n) is 13.0. The summed E-state index contributed by atoms with van der Waals surface area (Å²) in [6.45, 7) is 4.41. The van der Waals surface area contributed by atoms with Crippen molar-refractivity contribution < 1.29 is 13.2 Å². The molecular formula is C16H18N2O3S2. The maximum Gasteiger partial charge on any atom is 0.262 e. The van der Waals surface area contributed by atoms with E-state index in [1.807, 2.05) is 6.92 Å². The second-order valence-electron chi connectivity index (χ2n) is 5.58. The van der Waals surface area contributed by atoms with E-state index in [9.17, 15) is 13.2 Å². The first-order valence-corrected chi connectivity index (χ1v) is 9.67. The molecule has 1 fully saturated rings. The largest absolute Gasteiger partial charge is 0.312 e. The summed E-state index contributed by atoms with van der Waals surface area (Å²) in [4.78, 5) is 15.5. The van der Waals surface area contributed by atoms with E-state index in [2.05, 4.69) is 4.72 Å². The summed E-state index contributed by atoms with van der Waals surface area (Å²) in [6, 6.07) is 8.60. The van der Waals surface area contributed by atoms with Gasteiger partial charge < -0.3 is 4.90 Å². The van der Waals surface area contributed by atoms with E-state index in [1.165, 1.54) is 11.3 Å². The zero-order valence-corrected chi connectivity index (χ0v) is 14.6.